The SMILES string of the molecule is CCC(NC(=S)Nc1ccc(N2CCCC2=O)c(C)c1)c1ccc(S(C)(=O)=O)cc1. The van der Waals surface area contributed by atoms with Crippen molar-refractivity contribution in [1.29, 1.82) is 0 Å². The number of nitrogens with one attached hydrogen (secondary N) is 2. The van der Waals surface area contributed by atoms with Crippen LogP contribution in [0.15, 0.2) is 47.4 Å². The van der Waals surface area contributed by atoms with Crippen molar-refractivity contribution in [2.75, 3.05) is 23.0 Å². The quantitative estimate of drug-likeness (QED) is 0.655. The summed E-state index contributed by atoms with van der Waals surface area (Å²) in [6.07, 6.45) is 3.49. The Hall–Kier alpha value is -2.45. The van der Waals surface area contributed by atoms with Crippen molar-refractivity contribution in [2.45, 2.75) is 44.0 Å². The van der Waals surface area contributed by atoms with Crippen molar-refractivity contribution < 1.29 is 13.2 Å². The summed E-state index contributed by atoms with van der Waals surface area (Å²) < 4.78 is 23.3. The van der Waals surface area contributed by atoms with E-state index in [1.807, 2.05) is 49.1 Å². The Labute approximate surface area is 183 Å². The first-order valence-corrected chi connectivity index (χ1v) is 12.3. The summed E-state index contributed by atoms with van der Waals surface area (Å²) in [7, 11) is -3.22. The van der Waals surface area contributed by atoms with Gasteiger partial charge in [0.1, 0.15) is 0 Å². The molecule has 1 heterocycles. The van der Waals surface area contributed by atoms with Gasteiger partial charge in [0.05, 0.1) is 10.9 Å². The monoisotopic (exact) mass is 445 g/mol. The average molecular weight is 446 g/mol. The molecule has 2 aromatic carbocycles. The minimum Gasteiger partial charge on any atom is -0.356 e. The Bertz CT molecular complexity index is 1050. The predicted octanol–water partition coefficient (Wildman–Crippen LogP) is 3.96. The lowest BCUT2D eigenvalue weighted by Gasteiger charge is -2.22. The minimum atomic E-state index is -3.22. The van der Waals surface area contributed by atoms with Gasteiger partial charge >= 0.3 is 0 Å². The first-order chi connectivity index (χ1) is 14.2. The Balaban J connectivity index is 1.66. The number of hydrogen-bond acceptors (Lipinski definition) is 4. The molecule has 3 rings (SSSR count). The normalized spacial score (nSPS) is 15.2. The molecule has 1 fully saturated rings. The zero-order valence-corrected chi connectivity index (χ0v) is 19.1. The van der Waals surface area contributed by atoms with Crippen molar-refractivity contribution in [3.05, 3.63) is 53.6 Å². The molecule has 1 aliphatic rings. The molecule has 0 aromatic heterocycles. The van der Waals surface area contributed by atoms with Gasteiger partial charge in [0.25, 0.3) is 0 Å². The van der Waals surface area contributed by atoms with E-state index in [1.54, 1.807) is 12.1 Å². The fourth-order valence-corrected chi connectivity index (χ4v) is 4.52. The summed E-state index contributed by atoms with van der Waals surface area (Å²) >= 11 is 5.48. The van der Waals surface area contributed by atoms with E-state index in [0.717, 1.165) is 41.9 Å². The van der Waals surface area contributed by atoms with E-state index in [9.17, 15) is 13.2 Å². The highest BCUT2D eigenvalue weighted by Crippen LogP contribution is 2.27. The van der Waals surface area contributed by atoms with E-state index in [0.29, 0.717) is 16.4 Å². The molecule has 0 radical (unpaired) electrons. The smallest absolute Gasteiger partial charge is 0.227 e. The molecule has 6 nitrogen and oxygen atoms in total. The van der Waals surface area contributed by atoms with Crippen LogP contribution in [0.2, 0.25) is 0 Å². The molecule has 30 heavy (non-hydrogen) atoms. The molecule has 1 aliphatic heterocycles. The van der Waals surface area contributed by atoms with E-state index in [2.05, 4.69) is 10.6 Å². The first kappa shape index (κ1) is 22.2. The van der Waals surface area contributed by atoms with Gasteiger partial charge in [-0.25, -0.2) is 8.42 Å². The number of carbonyl (C=O) groups excluding carboxylic acids is 1. The molecule has 1 atom stereocenters. The van der Waals surface area contributed by atoms with E-state index < -0.39 is 9.84 Å². The zero-order valence-electron chi connectivity index (χ0n) is 17.4. The summed E-state index contributed by atoms with van der Waals surface area (Å²) in [5.41, 5.74) is 3.77. The largest absolute Gasteiger partial charge is 0.356 e. The number of aryl methyl sites for hydroxylation is 1. The predicted molar refractivity (Wildman–Crippen MR) is 125 cm³/mol. The van der Waals surface area contributed by atoms with Crippen LogP contribution >= 0.6 is 12.2 Å². The molecule has 0 saturated carbocycles. The third-order valence-corrected chi connectivity index (χ3v) is 6.59. The van der Waals surface area contributed by atoms with Gasteiger partial charge in [0, 0.05) is 30.6 Å². The molecule has 8 heteroatoms. The second-order valence-corrected chi connectivity index (χ2v) is 9.97. The molecule has 160 valence electrons. The number of anilines is 2. The van der Waals surface area contributed by atoms with Gasteiger partial charge in [-0.2, -0.15) is 0 Å². The molecule has 2 N–H and O–H groups in total. The number of benzene rings is 2. The molecule has 1 saturated heterocycles. The molecule has 0 aliphatic carbocycles. The summed E-state index contributed by atoms with van der Waals surface area (Å²) in [6, 6.07) is 12.7. The van der Waals surface area contributed by atoms with Crippen molar-refractivity contribution >= 4 is 44.4 Å². The summed E-state index contributed by atoms with van der Waals surface area (Å²) in [5, 5.41) is 6.98. The zero-order chi connectivity index (χ0) is 21.9. The number of sulfone groups is 1. The lowest BCUT2D eigenvalue weighted by Crippen LogP contribution is -2.32. The maximum Gasteiger partial charge on any atom is 0.227 e. The van der Waals surface area contributed by atoms with Crippen LogP contribution < -0.4 is 15.5 Å². The van der Waals surface area contributed by atoms with Gasteiger partial charge in [-0.05, 0) is 73.4 Å². The van der Waals surface area contributed by atoms with Crippen molar-refractivity contribution in [3.8, 4) is 0 Å². The van der Waals surface area contributed by atoms with Gasteiger partial charge in [-0.3, -0.25) is 4.79 Å². The van der Waals surface area contributed by atoms with E-state index in [-0.39, 0.29) is 11.9 Å². The third kappa shape index (κ3) is 5.17. The average Bonchev–Trinajstić information content (AvgIpc) is 3.11. The van der Waals surface area contributed by atoms with Crippen LogP contribution in [0.5, 0.6) is 0 Å². The summed E-state index contributed by atoms with van der Waals surface area (Å²) in [5.74, 6) is 0.170. The number of hydrogen-bond donors (Lipinski definition) is 2. The van der Waals surface area contributed by atoms with Crippen molar-refractivity contribution in [1.82, 2.24) is 5.32 Å². The molecule has 1 amide bonds. The summed E-state index contributed by atoms with van der Waals surface area (Å²) in [6.45, 7) is 4.79. The van der Waals surface area contributed by atoms with Gasteiger partial charge in [-0.1, -0.05) is 19.1 Å². The van der Waals surface area contributed by atoms with Crippen molar-refractivity contribution in [2.24, 2.45) is 0 Å². The lowest BCUT2D eigenvalue weighted by molar-refractivity contribution is -0.117. The fraction of sp³-hybridized carbons (Fsp3) is 0.364. The van der Waals surface area contributed by atoms with Crippen LogP contribution in [0.3, 0.4) is 0 Å². The number of carbonyl (C=O) groups is 1. The molecule has 0 spiro atoms. The standard InChI is InChI=1S/C22H27N3O3S2/c1-4-19(16-7-10-18(11-8-16)30(3,27)28)24-22(29)23-17-9-12-20(15(2)14-17)25-13-5-6-21(25)26/h7-12,14,19H,4-6,13H2,1-3H3,(H2,23,24,29). The Morgan fingerprint density at radius 1 is 1.20 bits per heavy atom. The van der Waals surface area contributed by atoms with E-state index in [4.69, 9.17) is 12.2 Å². The van der Waals surface area contributed by atoms with Crippen LogP contribution in [-0.2, 0) is 14.6 Å². The number of nitrogens with zero attached hydrogens (tertiary/aromatic N) is 1. The van der Waals surface area contributed by atoms with Gasteiger partial charge < -0.3 is 15.5 Å². The summed E-state index contributed by atoms with van der Waals surface area (Å²) in [4.78, 5) is 14.1. The van der Waals surface area contributed by atoms with Gasteiger partial charge in [0.15, 0.2) is 14.9 Å². The van der Waals surface area contributed by atoms with Gasteiger partial charge in [0.2, 0.25) is 5.91 Å². The molecule has 2 aromatic rings. The van der Waals surface area contributed by atoms with Crippen LogP contribution in [0, 0.1) is 6.92 Å². The Morgan fingerprint density at radius 3 is 2.43 bits per heavy atom. The second-order valence-electron chi connectivity index (χ2n) is 7.55. The van der Waals surface area contributed by atoms with E-state index >= 15 is 0 Å². The highest BCUT2D eigenvalue weighted by Gasteiger charge is 2.23. The molecular formula is C22H27N3O3S2. The van der Waals surface area contributed by atoms with Crippen LogP contribution in [0.1, 0.15) is 43.4 Å². The van der Waals surface area contributed by atoms with Crippen molar-refractivity contribution in [3.63, 3.8) is 0 Å². The van der Waals surface area contributed by atoms with Gasteiger partial charge in [-0.15, -0.1) is 0 Å². The minimum absolute atomic E-state index is 0.0406. The highest BCUT2D eigenvalue weighted by molar-refractivity contribution is 7.90. The Kier molecular flexibility index (Phi) is 6.77. The molecule has 0 bridgehead atoms. The maximum atomic E-state index is 12.0. The van der Waals surface area contributed by atoms with Crippen LogP contribution in [0.4, 0.5) is 11.4 Å². The van der Waals surface area contributed by atoms with E-state index in [1.165, 1.54) is 6.26 Å². The maximum absolute atomic E-state index is 12.0. The Morgan fingerprint density at radius 2 is 1.90 bits per heavy atom. The van der Waals surface area contributed by atoms with Crippen LogP contribution in [-0.4, -0.2) is 32.2 Å². The first-order valence-electron chi connectivity index (χ1n) is 9.97. The van der Waals surface area contributed by atoms with Crippen LogP contribution in [0.25, 0.3) is 0 Å². The number of rotatable bonds is 6. The topological polar surface area (TPSA) is 78.5 Å². The number of amides is 1. The number of thiocarbonyl (C=S) groups is 1. The third-order valence-electron chi connectivity index (χ3n) is 5.24. The molecule has 1 unspecified atom stereocenters. The highest BCUT2D eigenvalue weighted by atomic mass is 32.2. The second kappa shape index (κ2) is 9.14. The lowest BCUT2D eigenvalue weighted by atomic mass is 10.1. The fourth-order valence-electron chi connectivity index (χ4n) is 3.63. The molecular weight excluding hydrogens is 418 g/mol.